The standard InChI is InChI=1S/C23H28N2O3/c1-27-20-10-7-9-19(16-20)21(25-14-5-6-15-25)17-24-23(26)13-12-18-8-3-4-11-22(18)28-2/h3-4,7-13,16,21H,5-6,14-15,17H2,1-2H3,(H,24,26)/b13-12+. The molecule has 0 radical (unpaired) electrons. The monoisotopic (exact) mass is 380 g/mol. The van der Waals surface area contributed by atoms with Crippen LogP contribution < -0.4 is 14.8 Å². The Morgan fingerprint density at radius 1 is 1.11 bits per heavy atom. The van der Waals surface area contributed by atoms with Gasteiger partial charge in [0.25, 0.3) is 0 Å². The van der Waals surface area contributed by atoms with Gasteiger partial charge in [-0.15, -0.1) is 0 Å². The molecule has 3 rings (SSSR count). The third-order valence-corrected chi connectivity index (χ3v) is 5.08. The van der Waals surface area contributed by atoms with Crippen molar-refractivity contribution in [2.45, 2.75) is 18.9 Å². The highest BCUT2D eigenvalue weighted by Crippen LogP contribution is 2.27. The molecule has 1 atom stereocenters. The lowest BCUT2D eigenvalue weighted by atomic mass is 10.0. The Morgan fingerprint density at radius 3 is 2.64 bits per heavy atom. The van der Waals surface area contributed by atoms with Gasteiger partial charge in [0.15, 0.2) is 0 Å². The Morgan fingerprint density at radius 2 is 1.89 bits per heavy atom. The van der Waals surface area contributed by atoms with Gasteiger partial charge in [-0.05, 0) is 55.8 Å². The summed E-state index contributed by atoms with van der Waals surface area (Å²) in [6, 6.07) is 15.9. The van der Waals surface area contributed by atoms with Gasteiger partial charge in [-0.3, -0.25) is 9.69 Å². The Bertz CT molecular complexity index is 813. The molecule has 2 aromatic carbocycles. The summed E-state index contributed by atoms with van der Waals surface area (Å²) in [4.78, 5) is 14.8. The smallest absolute Gasteiger partial charge is 0.244 e. The second-order valence-corrected chi connectivity index (χ2v) is 6.86. The van der Waals surface area contributed by atoms with Crippen molar-refractivity contribution >= 4 is 12.0 Å². The predicted molar refractivity (Wildman–Crippen MR) is 112 cm³/mol. The van der Waals surface area contributed by atoms with Crippen LogP contribution in [0.5, 0.6) is 11.5 Å². The van der Waals surface area contributed by atoms with Crippen molar-refractivity contribution in [1.29, 1.82) is 0 Å². The van der Waals surface area contributed by atoms with Gasteiger partial charge in [0.05, 0.1) is 20.3 Å². The summed E-state index contributed by atoms with van der Waals surface area (Å²) < 4.78 is 10.7. The fraction of sp³-hybridized carbons (Fsp3) is 0.348. The highest BCUT2D eigenvalue weighted by Gasteiger charge is 2.24. The number of carbonyl (C=O) groups excluding carboxylic acids is 1. The number of benzene rings is 2. The molecule has 0 saturated carbocycles. The van der Waals surface area contributed by atoms with Crippen LogP contribution in [0.15, 0.2) is 54.6 Å². The van der Waals surface area contributed by atoms with Crippen LogP contribution in [0.3, 0.4) is 0 Å². The summed E-state index contributed by atoms with van der Waals surface area (Å²) >= 11 is 0. The second-order valence-electron chi connectivity index (χ2n) is 6.86. The molecule has 148 valence electrons. The molecule has 0 spiro atoms. The van der Waals surface area contributed by atoms with E-state index in [1.165, 1.54) is 12.8 Å². The van der Waals surface area contributed by atoms with E-state index in [1.807, 2.05) is 36.4 Å². The largest absolute Gasteiger partial charge is 0.497 e. The minimum Gasteiger partial charge on any atom is -0.497 e. The Hall–Kier alpha value is -2.79. The molecule has 0 aromatic heterocycles. The van der Waals surface area contributed by atoms with E-state index in [0.717, 1.165) is 35.7 Å². The maximum atomic E-state index is 12.4. The highest BCUT2D eigenvalue weighted by molar-refractivity contribution is 5.92. The van der Waals surface area contributed by atoms with Gasteiger partial charge in [0.2, 0.25) is 5.91 Å². The number of hydrogen-bond acceptors (Lipinski definition) is 4. The van der Waals surface area contributed by atoms with Crippen molar-refractivity contribution in [3.63, 3.8) is 0 Å². The molecule has 0 bridgehead atoms. The van der Waals surface area contributed by atoms with Crippen LogP contribution in [-0.4, -0.2) is 44.7 Å². The number of ether oxygens (including phenoxy) is 2. The summed E-state index contributed by atoms with van der Waals surface area (Å²) in [6.07, 6.45) is 5.74. The molecule has 5 nitrogen and oxygen atoms in total. The summed E-state index contributed by atoms with van der Waals surface area (Å²) in [6.45, 7) is 2.66. The first-order valence-corrected chi connectivity index (χ1v) is 9.68. The molecule has 1 saturated heterocycles. The molecule has 0 aliphatic carbocycles. The number of para-hydroxylation sites is 1. The summed E-state index contributed by atoms with van der Waals surface area (Å²) in [5, 5.41) is 3.05. The zero-order chi connectivity index (χ0) is 19.8. The van der Waals surface area contributed by atoms with E-state index in [0.29, 0.717) is 6.54 Å². The van der Waals surface area contributed by atoms with E-state index < -0.39 is 0 Å². The number of rotatable bonds is 8. The quantitative estimate of drug-likeness (QED) is 0.710. The van der Waals surface area contributed by atoms with E-state index >= 15 is 0 Å². The molecule has 5 heteroatoms. The van der Waals surface area contributed by atoms with Gasteiger partial charge in [-0.1, -0.05) is 30.3 Å². The zero-order valence-corrected chi connectivity index (χ0v) is 16.6. The third-order valence-electron chi connectivity index (χ3n) is 5.08. The normalized spacial score (nSPS) is 15.5. The molecular formula is C23H28N2O3. The van der Waals surface area contributed by atoms with Crippen LogP contribution in [-0.2, 0) is 4.79 Å². The molecule has 1 aliphatic heterocycles. The van der Waals surface area contributed by atoms with Gasteiger partial charge in [-0.2, -0.15) is 0 Å². The van der Waals surface area contributed by atoms with E-state index in [2.05, 4.69) is 22.3 Å². The second kappa shape index (κ2) is 9.95. The average Bonchev–Trinajstić information content (AvgIpc) is 3.27. The van der Waals surface area contributed by atoms with Crippen LogP contribution >= 0.6 is 0 Å². The van der Waals surface area contributed by atoms with E-state index in [1.54, 1.807) is 26.4 Å². The lowest BCUT2D eigenvalue weighted by molar-refractivity contribution is -0.116. The lowest BCUT2D eigenvalue weighted by Crippen LogP contribution is -2.36. The number of nitrogens with zero attached hydrogens (tertiary/aromatic N) is 1. The van der Waals surface area contributed by atoms with Crippen molar-refractivity contribution in [2.24, 2.45) is 0 Å². The number of carbonyl (C=O) groups is 1. The molecule has 1 aliphatic rings. The van der Waals surface area contributed by atoms with E-state index in [4.69, 9.17) is 9.47 Å². The first-order chi connectivity index (χ1) is 13.7. The number of likely N-dealkylation sites (tertiary alicyclic amines) is 1. The first kappa shape index (κ1) is 20.0. The van der Waals surface area contributed by atoms with Crippen molar-refractivity contribution in [1.82, 2.24) is 10.2 Å². The van der Waals surface area contributed by atoms with Gasteiger partial charge in [0.1, 0.15) is 11.5 Å². The molecule has 28 heavy (non-hydrogen) atoms. The third kappa shape index (κ3) is 5.14. The fourth-order valence-corrected chi connectivity index (χ4v) is 3.59. The maximum Gasteiger partial charge on any atom is 0.244 e. The molecule has 1 N–H and O–H groups in total. The summed E-state index contributed by atoms with van der Waals surface area (Å²) in [5.41, 5.74) is 2.04. The van der Waals surface area contributed by atoms with Gasteiger partial charge in [0, 0.05) is 18.2 Å². The maximum absolute atomic E-state index is 12.4. The van der Waals surface area contributed by atoms with E-state index in [9.17, 15) is 4.79 Å². The molecular weight excluding hydrogens is 352 g/mol. The minimum absolute atomic E-state index is 0.113. The zero-order valence-electron chi connectivity index (χ0n) is 16.6. The van der Waals surface area contributed by atoms with Gasteiger partial charge < -0.3 is 14.8 Å². The highest BCUT2D eigenvalue weighted by atomic mass is 16.5. The van der Waals surface area contributed by atoms with Crippen molar-refractivity contribution in [3.8, 4) is 11.5 Å². The van der Waals surface area contributed by atoms with Crippen LogP contribution in [0, 0.1) is 0 Å². The van der Waals surface area contributed by atoms with E-state index in [-0.39, 0.29) is 11.9 Å². The van der Waals surface area contributed by atoms with Crippen LogP contribution in [0.1, 0.15) is 30.0 Å². The SMILES string of the molecule is COc1cccc(C(CNC(=O)/C=C/c2ccccc2OC)N2CCCC2)c1. The molecule has 1 unspecified atom stereocenters. The van der Waals surface area contributed by atoms with Crippen molar-refractivity contribution in [3.05, 3.63) is 65.7 Å². The number of amides is 1. The first-order valence-electron chi connectivity index (χ1n) is 9.68. The Balaban J connectivity index is 1.67. The Labute approximate surface area is 167 Å². The predicted octanol–water partition coefficient (Wildman–Crippen LogP) is 3.67. The Kier molecular flexibility index (Phi) is 7.09. The fourth-order valence-electron chi connectivity index (χ4n) is 3.59. The topological polar surface area (TPSA) is 50.8 Å². The minimum atomic E-state index is -0.113. The van der Waals surface area contributed by atoms with Crippen LogP contribution in [0.2, 0.25) is 0 Å². The molecule has 1 heterocycles. The van der Waals surface area contributed by atoms with Crippen molar-refractivity contribution < 1.29 is 14.3 Å². The number of hydrogen-bond donors (Lipinski definition) is 1. The molecule has 1 amide bonds. The lowest BCUT2D eigenvalue weighted by Gasteiger charge is -2.28. The number of methoxy groups -OCH3 is 2. The van der Waals surface area contributed by atoms with Gasteiger partial charge in [-0.25, -0.2) is 0 Å². The van der Waals surface area contributed by atoms with Crippen LogP contribution in [0.25, 0.3) is 6.08 Å². The average molecular weight is 380 g/mol. The molecule has 2 aromatic rings. The van der Waals surface area contributed by atoms with Gasteiger partial charge >= 0.3 is 0 Å². The van der Waals surface area contributed by atoms with Crippen LogP contribution in [0.4, 0.5) is 0 Å². The summed E-state index contributed by atoms with van der Waals surface area (Å²) in [5.74, 6) is 1.47. The van der Waals surface area contributed by atoms with Crippen molar-refractivity contribution in [2.75, 3.05) is 33.9 Å². The molecule has 1 fully saturated rings. The number of nitrogens with one attached hydrogen (secondary N) is 1. The summed E-state index contributed by atoms with van der Waals surface area (Å²) in [7, 11) is 3.30.